The first-order chi connectivity index (χ1) is 13.4. The molecule has 8 nitrogen and oxygen atoms in total. The summed E-state index contributed by atoms with van der Waals surface area (Å²) in [5.74, 6) is -0.460. The minimum absolute atomic E-state index is 0.0801. The fraction of sp³-hybridized carbons (Fsp3) is 0.947. The predicted octanol–water partition coefficient (Wildman–Crippen LogP) is 2.34. The number of rotatable bonds is 20. The zero-order chi connectivity index (χ0) is 21.1. The Labute approximate surface area is 169 Å². The quantitative estimate of drug-likeness (QED) is 0.174. The Bertz CT molecular complexity index is 423. The predicted molar refractivity (Wildman–Crippen MR) is 105 cm³/mol. The first-order valence-electron chi connectivity index (χ1n) is 10.6. The van der Waals surface area contributed by atoms with Crippen LogP contribution in [-0.2, 0) is 23.1 Å². The van der Waals surface area contributed by atoms with Gasteiger partial charge < -0.3 is 29.5 Å². The van der Waals surface area contributed by atoms with Crippen molar-refractivity contribution in [1.82, 2.24) is 0 Å². The molecule has 0 saturated heterocycles. The second-order valence-electron chi connectivity index (χ2n) is 7.01. The van der Waals surface area contributed by atoms with E-state index in [4.69, 9.17) is 4.74 Å². The molecule has 0 bridgehead atoms. The smallest absolute Gasteiger partial charge is 0.306 e. The van der Waals surface area contributed by atoms with Crippen molar-refractivity contribution >= 4 is 13.8 Å². The molecule has 0 fully saturated rings. The number of carbonyl (C=O) groups is 1. The van der Waals surface area contributed by atoms with Crippen molar-refractivity contribution < 1.29 is 38.9 Å². The van der Waals surface area contributed by atoms with Crippen LogP contribution in [0.15, 0.2) is 0 Å². The Morgan fingerprint density at radius 2 is 1.54 bits per heavy atom. The minimum atomic E-state index is -4.46. The highest BCUT2D eigenvalue weighted by Crippen LogP contribution is 2.37. The van der Waals surface area contributed by atoms with Crippen molar-refractivity contribution in [2.45, 2.75) is 90.1 Å². The van der Waals surface area contributed by atoms with Crippen molar-refractivity contribution in [2.75, 3.05) is 26.4 Å². The molecule has 0 aliphatic rings. The SMILES string of the molecule is CCCCCCCCCCCCCC(=O)O[C@H](CO)COP(=O)([O-])OCC[NH3+]. The number of ether oxygens (including phenoxy) is 1. The molecule has 0 spiro atoms. The number of carbonyl (C=O) groups excluding carboxylic acids is 1. The molecular formula is C19H40NO7P. The molecular weight excluding hydrogens is 385 g/mol. The van der Waals surface area contributed by atoms with Gasteiger partial charge in [0.1, 0.15) is 12.7 Å². The van der Waals surface area contributed by atoms with E-state index in [0.717, 1.165) is 19.3 Å². The third-order valence-electron chi connectivity index (χ3n) is 4.30. The Morgan fingerprint density at radius 3 is 2.04 bits per heavy atom. The Morgan fingerprint density at radius 1 is 1.00 bits per heavy atom. The molecule has 0 aliphatic heterocycles. The number of aliphatic hydroxyl groups excluding tert-OH is 1. The summed E-state index contributed by atoms with van der Waals surface area (Å²) in [6.45, 7) is 1.45. The summed E-state index contributed by atoms with van der Waals surface area (Å²) < 4.78 is 25.6. The maximum Gasteiger partial charge on any atom is 0.306 e. The number of hydrogen-bond acceptors (Lipinski definition) is 7. The summed E-state index contributed by atoms with van der Waals surface area (Å²) in [5, 5.41) is 9.21. The van der Waals surface area contributed by atoms with E-state index >= 15 is 0 Å². The molecule has 28 heavy (non-hydrogen) atoms. The van der Waals surface area contributed by atoms with Gasteiger partial charge in [-0.25, -0.2) is 0 Å². The van der Waals surface area contributed by atoms with Gasteiger partial charge in [-0.05, 0) is 6.42 Å². The Kier molecular flexibility index (Phi) is 18.2. The molecule has 2 atom stereocenters. The lowest BCUT2D eigenvalue weighted by Crippen LogP contribution is -2.52. The maximum absolute atomic E-state index is 11.8. The zero-order valence-electron chi connectivity index (χ0n) is 17.4. The number of phosphoric ester groups is 1. The van der Waals surface area contributed by atoms with Gasteiger partial charge in [0, 0.05) is 6.42 Å². The van der Waals surface area contributed by atoms with E-state index in [2.05, 4.69) is 21.7 Å². The van der Waals surface area contributed by atoms with E-state index in [9.17, 15) is 19.4 Å². The molecule has 0 rings (SSSR count). The summed E-state index contributed by atoms with van der Waals surface area (Å²) in [4.78, 5) is 23.2. The van der Waals surface area contributed by atoms with Crippen molar-refractivity contribution in [2.24, 2.45) is 0 Å². The molecule has 9 heteroatoms. The third kappa shape index (κ3) is 17.6. The highest BCUT2D eigenvalue weighted by Gasteiger charge is 2.18. The monoisotopic (exact) mass is 425 g/mol. The van der Waals surface area contributed by atoms with Gasteiger partial charge in [-0.3, -0.25) is 9.36 Å². The number of quaternary nitrogens is 1. The summed E-state index contributed by atoms with van der Waals surface area (Å²) >= 11 is 0. The van der Waals surface area contributed by atoms with E-state index in [1.807, 2.05) is 0 Å². The average molecular weight is 426 g/mol. The fourth-order valence-corrected chi connectivity index (χ4v) is 3.47. The van der Waals surface area contributed by atoms with E-state index in [1.54, 1.807) is 0 Å². The number of esters is 1. The Hall–Kier alpha value is -0.500. The standard InChI is InChI=1S/C19H40NO7P/c1-2-3-4-5-6-7-8-9-10-11-12-13-19(22)27-18(16-21)17-26-28(23,24)25-15-14-20/h18,21H,2-17,20H2,1H3,(H,23,24)/t18-/m1/s1. The van der Waals surface area contributed by atoms with Gasteiger partial charge in [0.2, 0.25) is 0 Å². The van der Waals surface area contributed by atoms with Gasteiger partial charge in [0.15, 0.2) is 0 Å². The first kappa shape index (κ1) is 27.5. The van der Waals surface area contributed by atoms with Crippen LogP contribution >= 0.6 is 7.82 Å². The van der Waals surface area contributed by atoms with Crippen LogP contribution in [0.2, 0.25) is 0 Å². The first-order valence-corrected chi connectivity index (χ1v) is 12.1. The molecule has 0 aromatic rings. The summed E-state index contributed by atoms with van der Waals surface area (Å²) in [5.41, 5.74) is 3.46. The van der Waals surface area contributed by atoms with Crippen molar-refractivity contribution in [3.05, 3.63) is 0 Å². The average Bonchev–Trinajstić information content (AvgIpc) is 2.67. The molecule has 0 aromatic carbocycles. The van der Waals surface area contributed by atoms with Gasteiger partial charge in [-0.2, -0.15) is 0 Å². The minimum Gasteiger partial charge on any atom is -0.756 e. The number of aliphatic hydroxyl groups is 1. The van der Waals surface area contributed by atoms with Gasteiger partial charge in [-0.15, -0.1) is 0 Å². The van der Waals surface area contributed by atoms with Gasteiger partial charge in [0.25, 0.3) is 7.82 Å². The third-order valence-corrected chi connectivity index (χ3v) is 5.26. The molecule has 0 heterocycles. The molecule has 1 unspecified atom stereocenters. The lowest BCUT2D eigenvalue weighted by molar-refractivity contribution is -0.373. The number of hydrogen-bond donors (Lipinski definition) is 2. The summed E-state index contributed by atoms with van der Waals surface area (Å²) in [6.07, 6.45) is 12.3. The fourth-order valence-electron chi connectivity index (χ4n) is 2.69. The van der Waals surface area contributed by atoms with Crippen molar-refractivity contribution in [3.63, 3.8) is 0 Å². The normalized spacial score (nSPS) is 14.6. The van der Waals surface area contributed by atoms with Crippen LogP contribution in [0, 0.1) is 0 Å². The molecule has 0 saturated carbocycles. The van der Waals surface area contributed by atoms with Crippen LogP contribution in [0.3, 0.4) is 0 Å². The van der Waals surface area contributed by atoms with Crippen molar-refractivity contribution in [1.29, 1.82) is 0 Å². The lowest BCUT2D eigenvalue weighted by atomic mass is 10.1. The molecule has 0 radical (unpaired) electrons. The topological polar surface area (TPSA) is 133 Å². The van der Waals surface area contributed by atoms with Crippen LogP contribution in [0.5, 0.6) is 0 Å². The number of unbranched alkanes of at least 4 members (excludes halogenated alkanes) is 10. The van der Waals surface area contributed by atoms with Gasteiger partial charge in [-0.1, -0.05) is 71.1 Å². The second kappa shape index (κ2) is 18.5. The van der Waals surface area contributed by atoms with E-state index in [1.165, 1.54) is 51.4 Å². The molecule has 0 amide bonds. The molecule has 168 valence electrons. The summed E-state index contributed by atoms with van der Waals surface area (Å²) in [7, 11) is -4.46. The van der Waals surface area contributed by atoms with Crippen LogP contribution in [0.1, 0.15) is 84.0 Å². The molecule has 4 N–H and O–H groups in total. The molecule has 0 aliphatic carbocycles. The van der Waals surface area contributed by atoms with Crippen molar-refractivity contribution in [3.8, 4) is 0 Å². The second-order valence-corrected chi connectivity index (χ2v) is 8.42. The van der Waals surface area contributed by atoms with Gasteiger partial charge in [0.05, 0.1) is 19.8 Å². The maximum atomic E-state index is 11.8. The Balaban J connectivity index is 3.68. The van der Waals surface area contributed by atoms with Crippen LogP contribution in [0.25, 0.3) is 0 Å². The lowest BCUT2D eigenvalue weighted by Gasteiger charge is -2.24. The van der Waals surface area contributed by atoms with Gasteiger partial charge >= 0.3 is 5.97 Å². The van der Waals surface area contributed by atoms with Crippen LogP contribution in [-0.4, -0.2) is 43.5 Å². The van der Waals surface area contributed by atoms with Crippen LogP contribution < -0.4 is 10.6 Å². The highest BCUT2D eigenvalue weighted by atomic mass is 31.2. The summed E-state index contributed by atoms with van der Waals surface area (Å²) in [6, 6.07) is 0. The van der Waals surface area contributed by atoms with E-state index in [-0.39, 0.29) is 19.6 Å². The van der Waals surface area contributed by atoms with E-state index < -0.39 is 33.1 Å². The zero-order valence-corrected chi connectivity index (χ0v) is 18.3. The van der Waals surface area contributed by atoms with Crippen LogP contribution in [0.4, 0.5) is 0 Å². The largest absolute Gasteiger partial charge is 0.756 e. The van der Waals surface area contributed by atoms with E-state index in [0.29, 0.717) is 0 Å². The number of phosphoric acid groups is 1. The highest BCUT2D eigenvalue weighted by molar-refractivity contribution is 7.45. The molecule has 0 aromatic heterocycles.